The average Bonchev–Trinajstić information content (AvgIpc) is 2.86. The summed E-state index contributed by atoms with van der Waals surface area (Å²) in [5, 5.41) is 10.5. The molecule has 2 rings (SSSR count). The number of carboxylic acids is 1. The zero-order valence-electron chi connectivity index (χ0n) is 9.62. The van der Waals surface area contributed by atoms with Crippen molar-refractivity contribution in [2.75, 3.05) is 7.11 Å². The first-order valence-corrected chi connectivity index (χ1v) is 6.01. The van der Waals surface area contributed by atoms with Crippen LogP contribution in [0.1, 0.15) is 15.5 Å². The summed E-state index contributed by atoms with van der Waals surface area (Å²) in [5.41, 5.74) is 0.605. The Hall–Kier alpha value is -2.08. The van der Waals surface area contributed by atoms with Gasteiger partial charge in [-0.05, 0) is 24.3 Å². The second-order valence-corrected chi connectivity index (χ2v) is 4.27. The van der Waals surface area contributed by atoms with E-state index in [0.29, 0.717) is 11.4 Å². The number of aromatic nitrogens is 1. The second kappa shape index (κ2) is 5.50. The number of nitrogens with zero attached hydrogens (tertiary/aromatic N) is 1. The highest BCUT2D eigenvalue weighted by molar-refractivity contribution is 7.11. The number of aromatic carboxylic acids is 1. The van der Waals surface area contributed by atoms with Crippen LogP contribution in [-0.4, -0.2) is 23.2 Å². The number of hydrogen-bond donors (Lipinski definition) is 1. The molecule has 18 heavy (non-hydrogen) atoms. The van der Waals surface area contributed by atoms with E-state index in [-0.39, 0.29) is 11.6 Å². The predicted molar refractivity (Wildman–Crippen MR) is 66.4 cm³/mol. The number of rotatable bonds is 5. The van der Waals surface area contributed by atoms with Gasteiger partial charge in [-0.1, -0.05) is 0 Å². The highest BCUT2D eigenvalue weighted by atomic mass is 32.1. The number of carbonyl (C=O) groups is 1. The number of methoxy groups -OCH3 is 1. The van der Waals surface area contributed by atoms with Crippen molar-refractivity contribution in [1.29, 1.82) is 0 Å². The normalized spacial score (nSPS) is 10.1. The molecule has 0 fully saturated rings. The maximum absolute atomic E-state index is 10.7. The quantitative estimate of drug-likeness (QED) is 0.899. The molecule has 2 aromatic rings. The van der Waals surface area contributed by atoms with Gasteiger partial charge in [-0.3, -0.25) is 0 Å². The Morgan fingerprint density at radius 1 is 1.33 bits per heavy atom. The average molecular weight is 265 g/mol. The van der Waals surface area contributed by atoms with Crippen LogP contribution in [0, 0.1) is 0 Å². The van der Waals surface area contributed by atoms with Gasteiger partial charge in [0.15, 0.2) is 0 Å². The summed E-state index contributed by atoms with van der Waals surface area (Å²) in [5.74, 6) is 0.417. The van der Waals surface area contributed by atoms with Crippen molar-refractivity contribution in [3.63, 3.8) is 0 Å². The maximum Gasteiger partial charge on any atom is 0.365 e. The van der Waals surface area contributed by atoms with Gasteiger partial charge in [0, 0.05) is 5.38 Å². The zero-order valence-corrected chi connectivity index (χ0v) is 10.4. The zero-order chi connectivity index (χ0) is 13.0. The van der Waals surface area contributed by atoms with Crippen molar-refractivity contribution < 1.29 is 19.4 Å². The van der Waals surface area contributed by atoms with Crippen LogP contribution in [0.3, 0.4) is 0 Å². The Balaban J connectivity index is 1.95. The summed E-state index contributed by atoms with van der Waals surface area (Å²) >= 11 is 1.09. The summed E-state index contributed by atoms with van der Waals surface area (Å²) in [7, 11) is 1.60. The summed E-state index contributed by atoms with van der Waals surface area (Å²) < 4.78 is 10.5. The minimum absolute atomic E-state index is 0.0725. The van der Waals surface area contributed by atoms with E-state index in [1.165, 1.54) is 0 Å². The molecule has 0 unspecified atom stereocenters. The van der Waals surface area contributed by atoms with Gasteiger partial charge < -0.3 is 14.6 Å². The van der Waals surface area contributed by atoms with Crippen molar-refractivity contribution in [3.05, 3.63) is 40.3 Å². The molecular formula is C12H11NO4S. The molecule has 94 valence electrons. The molecule has 1 heterocycles. The molecule has 0 saturated carbocycles. The van der Waals surface area contributed by atoms with Crippen LogP contribution in [0.4, 0.5) is 0 Å². The Morgan fingerprint density at radius 2 is 2.00 bits per heavy atom. The highest BCUT2D eigenvalue weighted by Crippen LogP contribution is 2.18. The van der Waals surface area contributed by atoms with Crippen molar-refractivity contribution in [2.45, 2.75) is 6.61 Å². The minimum Gasteiger partial charge on any atom is -0.497 e. The SMILES string of the molecule is COc1ccc(OCc2csc(C(=O)O)n2)cc1. The molecule has 0 aliphatic heterocycles. The lowest BCUT2D eigenvalue weighted by atomic mass is 10.3. The van der Waals surface area contributed by atoms with E-state index in [2.05, 4.69) is 4.98 Å². The molecule has 1 aromatic heterocycles. The fraction of sp³-hybridized carbons (Fsp3) is 0.167. The maximum atomic E-state index is 10.7. The standard InChI is InChI=1S/C12H11NO4S/c1-16-9-2-4-10(5-3-9)17-6-8-7-18-11(13-8)12(14)15/h2-5,7H,6H2,1H3,(H,14,15). The van der Waals surface area contributed by atoms with Crippen LogP contribution in [0.15, 0.2) is 29.6 Å². The fourth-order valence-corrected chi connectivity index (χ4v) is 1.94. The lowest BCUT2D eigenvalue weighted by molar-refractivity contribution is 0.0696. The number of carboxylic acid groups (broad SMARTS) is 1. The van der Waals surface area contributed by atoms with Crippen LogP contribution in [0.5, 0.6) is 11.5 Å². The first-order chi connectivity index (χ1) is 8.69. The van der Waals surface area contributed by atoms with Crippen LogP contribution in [0.2, 0.25) is 0 Å². The number of benzene rings is 1. The van der Waals surface area contributed by atoms with Gasteiger partial charge in [-0.15, -0.1) is 11.3 Å². The van der Waals surface area contributed by atoms with E-state index in [0.717, 1.165) is 17.1 Å². The molecular weight excluding hydrogens is 254 g/mol. The lowest BCUT2D eigenvalue weighted by Crippen LogP contribution is -1.99. The predicted octanol–water partition coefficient (Wildman–Crippen LogP) is 2.43. The first-order valence-electron chi connectivity index (χ1n) is 5.13. The van der Waals surface area contributed by atoms with E-state index in [1.807, 2.05) is 0 Å². The van der Waals surface area contributed by atoms with Crippen LogP contribution in [0.25, 0.3) is 0 Å². The van der Waals surface area contributed by atoms with Gasteiger partial charge >= 0.3 is 5.97 Å². The van der Waals surface area contributed by atoms with Gasteiger partial charge in [-0.25, -0.2) is 9.78 Å². The van der Waals surface area contributed by atoms with Gasteiger partial charge in [-0.2, -0.15) is 0 Å². The van der Waals surface area contributed by atoms with E-state index in [1.54, 1.807) is 36.8 Å². The molecule has 0 radical (unpaired) electrons. The van der Waals surface area contributed by atoms with Gasteiger partial charge in [0.1, 0.15) is 18.1 Å². The smallest absolute Gasteiger partial charge is 0.365 e. The third-order valence-electron chi connectivity index (χ3n) is 2.18. The molecule has 1 N–H and O–H groups in total. The van der Waals surface area contributed by atoms with E-state index in [9.17, 15) is 4.79 Å². The lowest BCUT2D eigenvalue weighted by Gasteiger charge is -2.05. The van der Waals surface area contributed by atoms with Crippen molar-refractivity contribution in [1.82, 2.24) is 4.98 Å². The first kappa shape index (κ1) is 12.4. The van der Waals surface area contributed by atoms with Gasteiger partial charge in [0.2, 0.25) is 5.01 Å². The molecule has 1 aromatic carbocycles. The minimum atomic E-state index is -1.02. The number of thiazole rings is 1. The van der Waals surface area contributed by atoms with Crippen molar-refractivity contribution in [3.8, 4) is 11.5 Å². The molecule has 0 saturated heterocycles. The third-order valence-corrected chi connectivity index (χ3v) is 3.06. The van der Waals surface area contributed by atoms with Crippen LogP contribution >= 0.6 is 11.3 Å². The number of ether oxygens (including phenoxy) is 2. The molecule has 0 spiro atoms. The van der Waals surface area contributed by atoms with Crippen LogP contribution in [-0.2, 0) is 6.61 Å². The fourth-order valence-electron chi connectivity index (χ4n) is 1.30. The van der Waals surface area contributed by atoms with Crippen LogP contribution < -0.4 is 9.47 Å². The Bertz CT molecular complexity index is 535. The molecule has 0 aliphatic rings. The summed E-state index contributed by atoms with van der Waals surface area (Å²) in [6, 6.07) is 7.14. The van der Waals surface area contributed by atoms with Gasteiger partial charge in [0.25, 0.3) is 0 Å². The number of hydrogen-bond acceptors (Lipinski definition) is 5. The van der Waals surface area contributed by atoms with E-state index >= 15 is 0 Å². The largest absolute Gasteiger partial charge is 0.497 e. The second-order valence-electron chi connectivity index (χ2n) is 3.41. The topological polar surface area (TPSA) is 68.7 Å². The van der Waals surface area contributed by atoms with E-state index < -0.39 is 5.97 Å². The Morgan fingerprint density at radius 3 is 2.56 bits per heavy atom. The molecule has 0 atom stereocenters. The van der Waals surface area contributed by atoms with Crippen molar-refractivity contribution in [2.24, 2.45) is 0 Å². The molecule has 5 nitrogen and oxygen atoms in total. The highest BCUT2D eigenvalue weighted by Gasteiger charge is 2.09. The monoisotopic (exact) mass is 265 g/mol. The molecule has 0 aliphatic carbocycles. The Labute approximate surface area is 108 Å². The van der Waals surface area contributed by atoms with E-state index in [4.69, 9.17) is 14.6 Å². The van der Waals surface area contributed by atoms with Crippen molar-refractivity contribution >= 4 is 17.3 Å². The summed E-state index contributed by atoms with van der Waals surface area (Å²) in [4.78, 5) is 14.6. The molecule has 6 heteroatoms. The van der Waals surface area contributed by atoms with Gasteiger partial charge in [0.05, 0.1) is 12.8 Å². The molecule has 0 bridgehead atoms. The third kappa shape index (κ3) is 2.98. The molecule has 0 amide bonds. The summed E-state index contributed by atoms with van der Waals surface area (Å²) in [6.07, 6.45) is 0. The Kier molecular flexibility index (Phi) is 3.78. The summed E-state index contributed by atoms with van der Waals surface area (Å²) in [6.45, 7) is 0.246.